The van der Waals surface area contributed by atoms with Gasteiger partial charge in [0.15, 0.2) is 14.2 Å². The van der Waals surface area contributed by atoms with E-state index in [-0.39, 0.29) is 29.6 Å². The quantitative estimate of drug-likeness (QED) is 0.153. The highest BCUT2D eigenvalue weighted by Gasteiger charge is 2.41. The molecule has 1 aliphatic rings. The summed E-state index contributed by atoms with van der Waals surface area (Å²) in [5.74, 6) is 0.0268. The number of amides is 1. The molecular weight excluding hydrogens is 484 g/mol. The Morgan fingerprint density at radius 3 is 2.57 bits per heavy atom. The second kappa shape index (κ2) is 12.1. The maximum Gasteiger partial charge on any atom is 0.410 e. The second-order valence-corrected chi connectivity index (χ2v) is 16.1. The zero-order valence-corrected chi connectivity index (χ0v) is 24.0. The third-order valence-electron chi connectivity index (χ3n) is 7.56. The summed E-state index contributed by atoms with van der Waals surface area (Å²) in [6.45, 7) is 13.9. The number of likely N-dealkylation sites (tertiary alicyclic amines) is 1. The average molecular weight is 527 g/mol. The van der Waals surface area contributed by atoms with Gasteiger partial charge in [0.2, 0.25) is 0 Å². The van der Waals surface area contributed by atoms with Crippen LogP contribution in [-0.4, -0.2) is 68.0 Å². The number of amidine groups is 1. The van der Waals surface area contributed by atoms with E-state index in [9.17, 15) is 4.79 Å². The summed E-state index contributed by atoms with van der Waals surface area (Å²) in [4.78, 5) is 17.1. The Kier molecular flexibility index (Phi) is 9.39. The summed E-state index contributed by atoms with van der Waals surface area (Å²) >= 11 is 0. The summed E-state index contributed by atoms with van der Waals surface area (Å²) in [5.41, 5.74) is 8.27. The molecule has 8 nitrogen and oxygen atoms in total. The molecule has 1 saturated heterocycles. The number of carbonyl (C=O) groups is 1. The van der Waals surface area contributed by atoms with Gasteiger partial charge < -0.3 is 25.0 Å². The first-order valence-corrected chi connectivity index (χ1v) is 15.7. The monoisotopic (exact) mass is 526 g/mol. The van der Waals surface area contributed by atoms with Gasteiger partial charge in [-0.1, -0.05) is 74.5 Å². The molecule has 1 heterocycles. The van der Waals surface area contributed by atoms with Crippen LogP contribution in [0.25, 0.3) is 0 Å². The first-order chi connectivity index (χ1) is 17.4. The molecule has 0 unspecified atom stereocenters. The molecule has 0 aromatic heterocycles. The van der Waals surface area contributed by atoms with Gasteiger partial charge >= 0.3 is 6.09 Å². The zero-order chi connectivity index (χ0) is 27.2. The number of hydrogen-bond donors (Lipinski definition) is 2. The summed E-state index contributed by atoms with van der Waals surface area (Å²) in [7, 11) is -0.115. The van der Waals surface area contributed by atoms with Crippen molar-refractivity contribution in [3.63, 3.8) is 0 Å². The van der Waals surface area contributed by atoms with Crippen LogP contribution < -0.4 is 5.73 Å². The van der Waals surface area contributed by atoms with Gasteiger partial charge in [0.05, 0.1) is 12.1 Å². The Morgan fingerprint density at radius 2 is 1.92 bits per heavy atom. The molecule has 9 heteroatoms. The van der Waals surface area contributed by atoms with Gasteiger partial charge in [-0.15, -0.1) is 0 Å². The molecule has 1 fully saturated rings. The largest absolute Gasteiger partial charge is 0.445 e. The number of likely N-dealkylation sites (N-methyl/N-ethyl adjacent to an activating group) is 1. The minimum Gasteiger partial charge on any atom is -0.445 e. The van der Waals surface area contributed by atoms with Crippen molar-refractivity contribution >= 4 is 20.2 Å². The van der Waals surface area contributed by atoms with Gasteiger partial charge in [-0.3, -0.25) is 4.90 Å². The number of benzene rings is 2. The highest BCUT2D eigenvalue weighted by atomic mass is 28.4. The van der Waals surface area contributed by atoms with Crippen LogP contribution in [-0.2, 0) is 15.8 Å². The van der Waals surface area contributed by atoms with Gasteiger partial charge in [-0.2, -0.15) is 0 Å². The van der Waals surface area contributed by atoms with Crippen LogP contribution in [0.5, 0.6) is 0 Å². The Hall–Kier alpha value is -2.88. The smallest absolute Gasteiger partial charge is 0.410 e. The van der Waals surface area contributed by atoms with E-state index in [0.29, 0.717) is 12.1 Å². The topological polar surface area (TPSA) is 101 Å². The molecule has 0 spiro atoms. The molecule has 0 bridgehead atoms. The lowest BCUT2D eigenvalue weighted by molar-refractivity contribution is 0.0819. The van der Waals surface area contributed by atoms with Crippen LogP contribution in [0.2, 0.25) is 18.1 Å². The standard InChI is InChI=1S/C28H42N4O4Si/c1-28(2,3)37(5,6)36-24-15-16-32(18-24)19-25(22-13-10-14-23(17-22)26(29)30-34)31(4)27(33)35-20-21-11-8-7-9-12-21/h7-14,17,24-25,34H,15-16,18-20H2,1-6H3,(H2,29,30)/t24-,25-/m1/s1. The van der Waals surface area contributed by atoms with Crippen LogP contribution in [0, 0.1) is 0 Å². The molecule has 202 valence electrons. The van der Waals surface area contributed by atoms with Gasteiger partial charge in [0.1, 0.15) is 6.61 Å². The molecule has 0 saturated carbocycles. The minimum absolute atomic E-state index is 0.0268. The molecule has 1 amide bonds. The molecule has 0 aliphatic carbocycles. The molecule has 2 aromatic carbocycles. The van der Waals surface area contributed by atoms with Crippen molar-refractivity contribution in [2.24, 2.45) is 10.9 Å². The van der Waals surface area contributed by atoms with Gasteiger partial charge in [0, 0.05) is 32.2 Å². The molecule has 2 atom stereocenters. The van der Waals surface area contributed by atoms with Crippen molar-refractivity contribution in [1.82, 2.24) is 9.80 Å². The van der Waals surface area contributed by atoms with Crippen molar-refractivity contribution in [1.29, 1.82) is 0 Å². The average Bonchev–Trinajstić information content (AvgIpc) is 3.31. The molecule has 1 aliphatic heterocycles. The van der Waals surface area contributed by atoms with Gasteiger partial charge in [-0.25, -0.2) is 4.79 Å². The van der Waals surface area contributed by atoms with E-state index in [1.54, 1.807) is 18.0 Å². The van der Waals surface area contributed by atoms with E-state index in [0.717, 1.165) is 30.6 Å². The number of nitrogens with zero attached hydrogens (tertiary/aromatic N) is 3. The van der Waals surface area contributed by atoms with Crippen molar-refractivity contribution in [2.75, 3.05) is 26.7 Å². The normalized spacial score (nSPS) is 18.0. The third-order valence-corrected chi connectivity index (χ3v) is 12.1. The zero-order valence-electron chi connectivity index (χ0n) is 23.0. The summed E-state index contributed by atoms with van der Waals surface area (Å²) in [6.07, 6.45) is 0.739. The lowest BCUT2D eigenvalue weighted by atomic mass is 10.0. The molecule has 37 heavy (non-hydrogen) atoms. The fraction of sp³-hybridized carbons (Fsp3) is 0.500. The fourth-order valence-corrected chi connectivity index (χ4v) is 5.64. The third kappa shape index (κ3) is 7.56. The number of carbonyl (C=O) groups excluding carboxylic acids is 1. The lowest BCUT2D eigenvalue weighted by Crippen LogP contribution is -2.45. The number of hydrogen-bond acceptors (Lipinski definition) is 6. The number of nitrogens with two attached hydrogens (primary N) is 1. The van der Waals surface area contributed by atoms with Crippen LogP contribution in [0.3, 0.4) is 0 Å². The summed E-state index contributed by atoms with van der Waals surface area (Å²) < 4.78 is 12.3. The predicted molar refractivity (Wildman–Crippen MR) is 149 cm³/mol. The van der Waals surface area contributed by atoms with E-state index in [2.05, 4.69) is 43.9 Å². The van der Waals surface area contributed by atoms with Crippen LogP contribution >= 0.6 is 0 Å². The predicted octanol–water partition coefficient (Wildman–Crippen LogP) is 5.19. The fourth-order valence-electron chi connectivity index (χ4n) is 4.26. The van der Waals surface area contributed by atoms with Crippen molar-refractivity contribution < 1.29 is 19.2 Å². The Balaban J connectivity index is 1.77. The number of oxime groups is 1. The molecule has 0 radical (unpaired) electrons. The SMILES string of the molecule is CN(C(=O)OCc1ccccc1)[C@H](CN1CC[C@@H](O[Si](C)(C)C(C)(C)C)C1)c1cccc(C(N)=NO)c1. The van der Waals surface area contributed by atoms with Crippen LogP contribution in [0.1, 0.15) is 49.9 Å². The molecule has 3 N–H and O–H groups in total. The lowest BCUT2D eigenvalue weighted by Gasteiger charge is -2.38. The van der Waals surface area contributed by atoms with E-state index < -0.39 is 14.4 Å². The first kappa shape index (κ1) is 28.7. The van der Waals surface area contributed by atoms with Crippen LogP contribution in [0.15, 0.2) is 59.8 Å². The maximum absolute atomic E-state index is 13.1. The van der Waals surface area contributed by atoms with Crippen molar-refractivity contribution in [3.05, 3.63) is 71.3 Å². The van der Waals surface area contributed by atoms with E-state index >= 15 is 0 Å². The van der Waals surface area contributed by atoms with Gasteiger partial charge in [-0.05, 0) is 41.7 Å². The summed E-state index contributed by atoms with van der Waals surface area (Å²) in [6, 6.07) is 16.8. The van der Waals surface area contributed by atoms with Crippen LogP contribution in [0.4, 0.5) is 4.79 Å². The molecular formula is C28H42N4O4Si. The number of rotatable bonds is 9. The number of ether oxygens (including phenoxy) is 1. The second-order valence-electron chi connectivity index (χ2n) is 11.3. The highest BCUT2D eigenvalue weighted by Crippen LogP contribution is 2.38. The van der Waals surface area contributed by atoms with E-state index in [1.165, 1.54) is 0 Å². The van der Waals surface area contributed by atoms with E-state index in [4.69, 9.17) is 20.1 Å². The van der Waals surface area contributed by atoms with Crippen molar-refractivity contribution in [3.8, 4) is 0 Å². The first-order valence-electron chi connectivity index (χ1n) is 12.8. The molecule has 3 rings (SSSR count). The maximum atomic E-state index is 13.1. The summed E-state index contributed by atoms with van der Waals surface area (Å²) in [5, 5.41) is 12.5. The highest BCUT2D eigenvalue weighted by molar-refractivity contribution is 6.74. The minimum atomic E-state index is -1.87. The van der Waals surface area contributed by atoms with E-state index in [1.807, 2.05) is 48.5 Å². The molecule has 2 aromatic rings. The Morgan fingerprint density at radius 1 is 1.22 bits per heavy atom. The Labute approximate surface area is 222 Å². The van der Waals surface area contributed by atoms with Gasteiger partial charge in [0.25, 0.3) is 0 Å². The van der Waals surface area contributed by atoms with Crippen molar-refractivity contribution in [2.45, 2.75) is 64.1 Å². The Bertz CT molecular complexity index is 1070.